The highest BCUT2D eigenvalue weighted by Crippen LogP contribution is 2.28. The van der Waals surface area contributed by atoms with Crippen LogP contribution in [0.25, 0.3) is 17.2 Å². The van der Waals surface area contributed by atoms with E-state index in [0.29, 0.717) is 17.2 Å². The van der Waals surface area contributed by atoms with Crippen LogP contribution in [-0.2, 0) is 6.54 Å². The Balaban J connectivity index is 1.75. The summed E-state index contributed by atoms with van der Waals surface area (Å²) in [5.41, 5.74) is 3.12. The van der Waals surface area contributed by atoms with Crippen molar-refractivity contribution in [3.05, 3.63) is 36.2 Å². The third kappa shape index (κ3) is 2.52. The lowest BCUT2D eigenvalue weighted by Gasteiger charge is -2.17. The predicted molar refractivity (Wildman–Crippen MR) is 93.6 cm³/mol. The zero-order valence-corrected chi connectivity index (χ0v) is 16.1. The third-order valence-corrected chi connectivity index (χ3v) is 5.49. The highest BCUT2D eigenvalue weighted by molar-refractivity contribution is 6.12. The van der Waals surface area contributed by atoms with Crippen LogP contribution in [0.5, 0.6) is 5.88 Å². The van der Waals surface area contributed by atoms with Gasteiger partial charge in [-0.25, -0.2) is 19.6 Å². The van der Waals surface area contributed by atoms with Gasteiger partial charge in [-0.3, -0.25) is 0 Å². The average Bonchev–Trinajstić information content (AvgIpc) is 3.21. The minimum absolute atomic E-state index is 0.542. The summed E-state index contributed by atoms with van der Waals surface area (Å²) in [5, 5.41) is 4.64. The largest absolute Gasteiger partial charge is 0.479 e. The number of fused-ring (bicyclic) bond motifs is 1. The number of hydrogen-bond acceptors (Lipinski definition) is 5. The average molecular weight is 340 g/mol. The topological polar surface area (TPSA) is 70.7 Å². The van der Waals surface area contributed by atoms with E-state index in [1.54, 1.807) is 13.4 Å². The molecule has 0 aromatic carbocycles. The second-order valence-electron chi connectivity index (χ2n) is 6.21. The number of nitrogens with zero attached hydrogens (tertiary/aromatic N) is 6. The molecule has 1 atom stereocenters. The second-order valence-corrected chi connectivity index (χ2v) is 7.60. The second kappa shape index (κ2) is 5.86. The van der Waals surface area contributed by atoms with Crippen molar-refractivity contribution in [2.75, 3.05) is 7.11 Å². The van der Waals surface area contributed by atoms with Gasteiger partial charge >= 0.3 is 0 Å². The van der Waals surface area contributed by atoms with Crippen LogP contribution in [0.1, 0.15) is 29.9 Å². The summed E-state index contributed by atoms with van der Waals surface area (Å²) < 4.78 is 9.43. The summed E-state index contributed by atoms with van der Waals surface area (Å²) in [7, 11) is 2.73. The molecule has 1 aliphatic heterocycles. The lowest BCUT2D eigenvalue weighted by Crippen LogP contribution is -2.16. The molecule has 0 saturated heterocycles. The summed E-state index contributed by atoms with van der Waals surface area (Å²) in [6.07, 6.45) is 6.10. The fourth-order valence-corrected chi connectivity index (χ4v) is 3.96. The van der Waals surface area contributed by atoms with Gasteiger partial charge in [0.1, 0.15) is 17.2 Å². The van der Waals surface area contributed by atoms with Crippen molar-refractivity contribution < 1.29 is 4.74 Å². The number of ether oxygens (including phenoxy) is 1. The van der Waals surface area contributed by atoms with Gasteiger partial charge in [-0.2, -0.15) is 0 Å². The predicted octanol–water partition coefficient (Wildman–Crippen LogP) is 1.04. The molecular weight excluding hydrogens is 320 g/mol. The molecule has 1 aliphatic rings. The van der Waals surface area contributed by atoms with Crippen LogP contribution in [0, 0.1) is 6.92 Å². The van der Waals surface area contributed by atoms with Gasteiger partial charge in [0, 0.05) is 28.5 Å². The lowest BCUT2D eigenvalue weighted by atomic mass is 10.2. The zero-order valence-electron chi connectivity index (χ0n) is 14.1. The number of pyridine rings is 1. The molecule has 0 unspecified atom stereocenters. The Labute approximate surface area is 143 Å². The number of aromatic nitrogens is 6. The van der Waals surface area contributed by atoms with Crippen molar-refractivity contribution in [1.82, 2.24) is 29.3 Å². The number of hydrogen-bond donors (Lipinski definition) is 0. The van der Waals surface area contributed by atoms with Gasteiger partial charge < -0.3 is 9.30 Å². The van der Waals surface area contributed by atoms with Crippen LogP contribution in [0.4, 0.5) is 0 Å². The Hall–Kier alpha value is -2.48. The molecule has 0 spiro atoms. The van der Waals surface area contributed by atoms with Crippen molar-refractivity contribution in [2.24, 2.45) is 0 Å². The van der Waals surface area contributed by atoms with Gasteiger partial charge in [0.25, 0.3) is 0 Å². The Morgan fingerprint density at radius 2 is 2.17 bits per heavy atom. The molecule has 0 fully saturated rings. The molecular formula is C16H20N6OSi. The molecule has 0 aliphatic carbocycles. The number of rotatable bonds is 3. The number of methoxy groups -OCH3 is 1. The standard InChI is InChI=1S/C16H20N6OSi/c1-10-8-21(9-17-10)12-6-5-11(18-16(12)23-2)14-19-15-13(24)4-3-7-22(15)20-14/h5-6,8-9,13H,3-4,7H2,1-2,24H3/t13-/m0/s1. The molecule has 7 nitrogen and oxygen atoms in total. The first-order valence-corrected chi connectivity index (χ1v) is 9.32. The number of aryl methyl sites for hydroxylation is 2. The van der Waals surface area contributed by atoms with Gasteiger partial charge in [0.2, 0.25) is 5.88 Å². The molecule has 24 heavy (non-hydrogen) atoms. The van der Waals surface area contributed by atoms with Crippen molar-refractivity contribution >= 4 is 10.2 Å². The van der Waals surface area contributed by atoms with Gasteiger partial charge in [-0.15, -0.1) is 5.10 Å². The molecule has 3 aromatic heterocycles. The van der Waals surface area contributed by atoms with E-state index in [-0.39, 0.29) is 0 Å². The Morgan fingerprint density at radius 1 is 1.29 bits per heavy atom. The van der Waals surface area contributed by atoms with E-state index in [0.717, 1.165) is 39.7 Å². The van der Waals surface area contributed by atoms with E-state index in [1.807, 2.05) is 34.5 Å². The van der Waals surface area contributed by atoms with E-state index in [1.165, 1.54) is 12.8 Å². The molecule has 8 heteroatoms. The fourth-order valence-electron chi connectivity index (χ4n) is 3.13. The van der Waals surface area contributed by atoms with Gasteiger partial charge in [0.15, 0.2) is 5.82 Å². The third-order valence-electron chi connectivity index (χ3n) is 4.40. The molecule has 0 bridgehead atoms. The molecule has 4 rings (SSSR count). The van der Waals surface area contributed by atoms with E-state index in [4.69, 9.17) is 9.72 Å². The molecule has 0 saturated carbocycles. The van der Waals surface area contributed by atoms with Gasteiger partial charge in [-0.05, 0) is 31.9 Å². The van der Waals surface area contributed by atoms with Gasteiger partial charge in [0.05, 0.1) is 19.1 Å². The van der Waals surface area contributed by atoms with Crippen molar-refractivity contribution in [2.45, 2.75) is 31.9 Å². The highest BCUT2D eigenvalue weighted by Gasteiger charge is 2.22. The quantitative estimate of drug-likeness (QED) is 0.666. The maximum atomic E-state index is 5.48. The lowest BCUT2D eigenvalue weighted by molar-refractivity contribution is 0.396. The number of imidazole rings is 1. The monoisotopic (exact) mass is 340 g/mol. The molecule has 3 aromatic rings. The summed E-state index contributed by atoms with van der Waals surface area (Å²) in [6.45, 7) is 2.90. The van der Waals surface area contributed by atoms with Crippen molar-refractivity contribution in [3.8, 4) is 23.1 Å². The fraction of sp³-hybridized carbons (Fsp3) is 0.375. The van der Waals surface area contributed by atoms with Crippen molar-refractivity contribution in [1.29, 1.82) is 0 Å². The normalized spacial score (nSPS) is 17.0. The van der Waals surface area contributed by atoms with Crippen LogP contribution in [0.3, 0.4) is 0 Å². The smallest absolute Gasteiger partial charge is 0.238 e. The molecule has 4 heterocycles. The first-order chi connectivity index (χ1) is 11.7. The maximum Gasteiger partial charge on any atom is 0.238 e. The van der Waals surface area contributed by atoms with Crippen molar-refractivity contribution in [3.63, 3.8) is 0 Å². The van der Waals surface area contributed by atoms with E-state index < -0.39 is 0 Å². The zero-order chi connectivity index (χ0) is 16.7. The first kappa shape index (κ1) is 15.1. The first-order valence-electron chi connectivity index (χ1n) is 8.17. The molecule has 0 N–H and O–H groups in total. The molecule has 0 radical (unpaired) electrons. The Morgan fingerprint density at radius 3 is 2.88 bits per heavy atom. The van der Waals surface area contributed by atoms with Crippen LogP contribution in [-0.4, -0.2) is 46.7 Å². The minimum Gasteiger partial charge on any atom is -0.479 e. The van der Waals surface area contributed by atoms with Crippen LogP contribution >= 0.6 is 0 Å². The summed E-state index contributed by atoms with van der Waals surface area (Å²) in [5.74, 6) is 2.33. The van der Waals surface area contributed by atoms with Gasteiger partial charge in [-0.1, -0.05) is 0 Å². The van der Waals surface area contributed by atoms with E-state index in [2.05, 4.69) is 15.1 Å². The SMILES string of the molecule is COc1nc(-c2nc3n(n2)CCC[C@@H]3[SiH3])ccc1-n1cnc(C)c1. The highest BCUT2D eigenvalue weighted by atomic mass is 28.1. The Kier molecular flexibility index (Phi) is 3.68. The van der Waals surface area contributed by atoms with Crippen LogP contribution in [0.15, 0.2) is 24.7 Å². The summed E-state index contributed by atoms with van der Waals surface area (Å²) in [6, 6.07) is 3.91. The Bertz CT molecular complexity index is 887. The van der Waals surface area contributed by atoms with E-state index in [9.17, 15) is 0 Å². The summed E-state index contributed by atoms with van der Waals surface area (Å²) in [4.78, 5) is 13.6. The van der Waals surface area contributed by atoms with E-state index >= 15 is 0 Å². The maximum absolute atomic E-state index is 5.48. The van der Waals surface area contributed by atoms with Crippen LogP contribution < -0.4 is 4.74 Å². The summed E-state index contributed by atoms with van der Waals surface area (Å²) >= 11 is 0. The molecule has 124 valence electrons. The minimum atomic E-state index is 0.542. The van der Waals surface area contributed by atoms with Crippen LogP contribution in [0.2, 0.25) is 0 Å². The molecule has 0 amide bonds.